The molecule has 160 valence electrons. The van der Waals surface area contributed by atoms with Gasteiger partial charge in [0.15, 0.2) is 22.9 Å². The van der Waals surface area contributed by atoms with Gasteiger partial charge in [-0.05, 0) is 30.3 Å². The fourth-order valence-corrected chi connectivity index (χ4v) is 4.37. The SMILES string of the molecule is COc1cc(C(=O)CSc2nnc3c4cc(Br)ccc4n(C)c3n2)cc(OC)c1OC. The lowest BCUT2D eigenvalue weighted by molar-refractivity contribution is 0.102. The normalized spacial score (nSPS) is 11.1. The number of aromatic nitrogens is 4. The number of benzene rings is 2. The number of thioether (sulfide) groups is 1. The van der Waals surface area contributed by atoms with E-state index in [0.717, 1.165) is 20.9 Å². The van der Waals surface area contributed by atoms with E-state index in [0.29, 0.717) is 33.6 Å². The summed E-state index contributed by atoms with van der Waals surface area (Å²) in [5, 5.41) is 9.97. The molecule has 2 aromatic heterocycles. The van der Waals surface area contributed by atoms with Crippen LogP contribution in [-0.4, -0.2) is 52.6 Å². The molecule has 0 aliphatic heterocycles. The molecule has 0 aliphatic carbocycles. The van der Waals surface area contributed by atoms with Crippen LogP contribution in [0.25, 0.3) is 22.1 Å². The highest BCUT2D eigenvalue weighted by Crippen LogP contribution is 2.38. The summed E-state index contributed by atoms with van der Waals surface area (Å²) in [5.41, 5.74) is 2.89. The van der Waals surface area contributed by atoms with Crippen LogP contribution in [0.2, 0.25) is 0 Å². The maximum atomic E-state index is 12.8. The molecular formula is C21H19BrN4O4S. The Labute approximate surface area is 191 Å². The first kappa shape index (κ1) is 21.4. The molecule has 0 atom stereocenters. The van der Waals surface area contributed by atoms with E-state index < -0.39 is 0 Å². The highest BCUT2D eigenvalue weighted by molar-refractivity contribution is 9.10. The maximum absolute atomic E-state index is 12.8. The number of nitrogens with zero attached hydrogens (tertiary/aromatic N) is 4. The van der Waals surface area contributed by atoms with Gasteiger partial charge in [-0.3, -0.25) is 4.79 Å². The predicted octanol–water partition coefficient (Wildman–Crippen LogP) is 4.28. The highest BCUT2D eigenvalue weighted by Gasteiger charge is 2.18. The lowest BCUT2D eigenvalue weighted by Crippen LogP contribution is -2.06. The molecule has 0 saturated heterocycles. The second-order valence-electron chi connectivity index (χ2n) is 6.61. The minimum atomic E-state index is -0.117. The van der Waals surface area contributed by atoms with Gasteiger partial charge in [0, 0.05) is 22.5 Å². The summed E-state index contributed by atoms with van der Waals surface area (Å²) in [6, 6.07) is 9.24. The van der Waals surface area contributed by atoms with Gasteiger partial charge in [-0.25, -0.2) is 4.98 Å². The van der Waals surface area contributed by atoms with Crippen LogP contribution in [0.5, 0.6) is 17.2 Å². The minimum Gasteiger partial charge on any atom is -0.493 e. The number of Topliss-reactive ketones (excluding diaryl/α,β-unsaturated/α-hetero) is 1. The first-order valence-corrected chi connectivity index (χ1v) is 11.0. The molecule has 0 aliphatic rings. The number of ketones is 1. The Bertz CT molecular complexity index is 1280. The molecule has 2 aromatic carbocycles. The van der Waals surface area contributed by atoms with Crippen LogP contribution in [-0.2, 0) is 7.05 Å². The molecule has 8 nitrogen and oxygen atoms in total. The van der Waals surface area contributed by atoms with Crippen molar-refractivity contribution in [1.82, 2.24) is 19.7 Å². The zero-order valence-electron chi connectivity index (χ0n) is 17.3. The Kier molecular flexibility index (Phi) is 6.01. The van der Waals surface area contributed by atoms with Crippen molar-refractivity contribution >= 4 is 55.5 Å². The monoisotopic (exact) mass is 502 g/mol. The summed E-state index contributed by atoms with van der Waals surface area (Å²) < 4.78 is 18.9. The Morgan fingerprint density at radius 3 is 2.42 bits per heavy atom. The largest absolute Gasteiger partial charge is 0.493 e. The number of fused-ring (bicyclic) bond motifs is 3. The number of hydrogen-bond acceptors (Lipinski definition) is 8. The van der Waals surface area contributed by atoms with Gasteiger partial charge in [0.05, 0.1) is 32.6 Å². The summed E-state index contributed by atoms with van der Waals surface area (Å²) in [6.07, 6.45) is 0. The molecule has 0 unspecified atom stereocenters. The number of halogens is 1. The zero-order chi connectivity index (χ0) is 22.1. The van der Waals surface area contributed by atoms with Crippen molar-refractivity contribution in [3.8, 4) is 17.2 Å². The van der Waals surface area contributed by atoms with Gasteiger partial charge < -0.3 is 18.8 Å². The average molecular weight is 503 g/mol. The molecule has 0 fully saturated rings. The fourth-order valence-electron chi connectivity index (χ4n) is 3.33. The summed E-state index contributed by atoms with van der Waals surface area (Å²) in [5.74, 6) is 1.32. The smallest absolute Gasteiger partial charge is 0.211 e. The third-order valence-corrected chi connectivity index (χ3v) is 6.19. The van der Waals surface area contributed by atoms with Crippen molar-refractivity contribution in [2.45, 2.75) is 5.16 Å². The van der Waals surface area contributed by atoms with Gasteiger partial charge in [-0.15, -0.1) is 10.2 Å². The van der Waals surface area contributed by atoms with Gasteiger partial charge >= 0.3 is 0 Å². The summed E-state index contributed by atoms with van der Waals surface area (Å²) in [4.78, 5) is 17.4. The zero-order valence-corrected chi connectivity index (χ0v) is 19.7. The number of hydrogen-bond donors (Lipinski definition) is 0. The number of aryl methyl sites for hydroxylation is 1. The van der Waals surface area contributed by atoms with Gasteiger partial charge in [-0.1, -0.05) is 27.7 Å². The molecule has 0 N–H and O–H groups in total. The lowest BCUT2D eigenvalue weighted by Gasteiger charge is -2.13. The summed E-state index contributed by atoms with van der Waals surface area (Å²) in [7, 11) is 6.47. The van der Waals surface area contributed by atoms with E-state index in [2.05, 4.69) is 31.1 Å². The van der Waals surface area contributed by atoms with E-state index in [9.17, 15) is 4.79 Å². The van der Waals surface area contributed by atoms with Crippen molar-refractivity contribution in [3.63, 3.8) is 0 Å². The maximum Gasteiger partial charge on any atom is 0.211 e. The fraction of sp³-hybridized carbons (Fsp3) is 0.238. The van der Waals surface area contributed by atoms with Gasteiger partial charge in [0.25, 0.3) is 0 Å². The molecule has 10 heteroatoms. The third kappa shape index (κ3) is 3.92. The second-order valence-corrected chi connectivity index (χ2v) is 8.47. The molecule has 0 bridgehead atoms. The van der Waals surface area contributed by atoms with Crippen LogP contribution in [0, 0.1) is 0 Å². The first-order valence-electron chi connectivity index (χ1n) is 9.21. The van der Waals surface area contributed by atoms with E-state index in [1.165, 1.54) is 33.1 Å². The quantitative estimate of drug-likeness (QED) is 0.273. The lowest BCUT2D eigenvalue weighted by atomic mass is 10.1. The van der Waals surface area contributed by atoms with Crippen molar-refractivity contribution in [3.05, 3.63) is 40.4 Å². The molecular weight excluding hydrogens is 484 g/mol. The molecule has 0 radical (unpaired) electrons. The van der Waals surface area contributed by atoms with Crippen LogP contribution in [0.3, 0.4) is 0 Å². The standard InChI is InChI=1S/C21H19BrN4O4S/c1-26-14-6-5-12(22)9-13(14)18-20(26)23-21(25-24-18)31-10-15(27)11-7-16(28-2)19(30-4)17(8-11)29-3/h5-9H,10H2,1-4H3. The van der Waals surface area contributed by atoms with E-state index in [4.69, 9.17) is 14.2 Å². The van der Waals surface area contributed by atoms with Gasteiger partial charge in [0.1, 0.15) is 5.52 Å². The Morgan fingerprint density at radius 1 is 1.06 bits per heavy atom. The average Bonchev–Trinajstić information content (AvgIpc) is 3.07. The third-order valence-electron chi connectivity index (χ3n) is 4.86. The number of carbonyl (C=O) groups is 1. The van der Waals surface area contributed by atoms with Crippen LogP contribution in [0.15, 0.2) is 40.0 Å². The van der Waals surface area contributed by atoms with E-state index >= 15 is 0 Å². The van der Waals surface area contributed by atoms with E-state index in [1.54, 1.807) is 12.1 Å². The van der Waals surface area contributed by atoms with Crippen LogP contribution >= 0.6 is 27.7 Å². The Hall–Kier alpha value is -2.85. The molecule has 0 spiro atoms. The van der Waals surface area contributed by atoms with Crippen molar-refractivity contribution in [1.29, 1.82) is 0 Å². The first-order chi connectivity index (χ1) is 15.0. The molecule has 31 heavy (non-hydrogen) atoms. The molecule has 4 rings (SSSR count). The van der Waals surface area contributed by atoms with Crippen LogP contribution in [0.4, 0.5) is 0 Å². The Morgan fingerprint density at radius 2 is 1.77 bits per heavy atom. The van der Waals surface area contributed by atoms with Gasteiger partial charge in [0.2, 0.25) is 10.9 Å². The van der Waals surface area contributed by atoms with Crippen molar-refractivity contribution in [2.75, 3.05) is 27.1 Å². The van der Waals surface area contributed by atoms with Crippen LogP contribution < -0.4 is 14.2 Å². The molecule has 2 heterocycles. The minimum absolute atomic E-state index is 0.117. The van der Waals surface area contributed by atoms with E-state index in [-0.39, 0.29) is 11.5 Å². The molecule has 0 amide bonds. The topological polar surface area (TPSA) is 88.4 Å². The number of methoxy groups -OCH3 is 3. The Balaban J connectivity index is 1.60. The van der Waals surface area contributed by atoms with Crippen molar-refractivity contribution < 1.29 is 19.0 Å². The highest BCUT2D eigenvalue weighted by atomic mass is 79.9. The van der Waals surface area contributed by atoms with Gasteiger partial charge in [-0.2, -0.15) is 0 Å². The van der Waals surface area contributed by atoms with E-state index in [1.807, 2.05) is 29.8 Å². The summed E-state index contributed by atoms with van der Waals surface area (Å²) in [6.45, 7) is 0. The number of ether oxygens (including phenoxy) is 3. The number of rotatable bonds is 7. The molecule has 0 saturated carbocycles. The van der Waals surface area contributed by atoms with Crippen LogP contribution in [0.1, 0.15) is 10.4 Å². The van der Waals surface area contributed by atoms with Crippen molar-refractivity contribution in [2.24, 2.45) is 7.05 Å². The molecule has 4 aromatic rings. The number of carbonyl (C=O) groups excluding carboxylic acids is 1. The predicted molar refractivity (Wildman–Crippen MR) is 123 cm³/mol. The summed E-state index contributed by atoms with van der Waals surface area (Å²) >= 11 is 4.72. The second kappa shape index (κ2) is 8.72.